The fourth-order valence-corrected chi connectivity index (χ4v) is 5.16. The first-order chi connectivity index (χ1) is 16.9. The molecule has 0 aromatic heterocycles. The van der Waals surface area contributed by atoms with Gasteiger partial charge >= 0.3 is 6.09 Å². The lowest BCUT2D eigenvalue weighted by Crippen LogP contribution is -2.46. The summed E-state index contributed by atoms with van der Waals surface area (Å²) in [5, 5.41) is 11.1. The Balaban J connectivity index is 1.46. The Morgan fingerprint density at radius 2 is 1.57 bits per heavy atom. The summed E-state index contributed by atoms with van der Waals surface area (Å²) in [6.07, 6.45) is 7.40. The minimum absolute atomic E-state index is 0.0767. The number of unbranched alkanes of at least 4 members (excludes halogenated alkanes) is 5. The van der Waals surface area contributed by atoms with E-state index < -0.39 is 22.9 Å². The van der Waals surface area contributed by atoms with E-state index in [0.29, 0.717) is 0 Å². The van der Waals surface area contributed by atoms with Crippen LogP contribution in [-0.2, 0) is 22.4 Å². The molecule has 2 amide bonds. The number of halogens is 1. The summed E-state index contributed by atoms with van der Waals surface area (Å²) in [4.78, 5) is 25.5. The number of aryl methyl sites for hydroxylation is 2. The summed E-state index contributed by atoms with van der Waals surface area (Å²) < 4.78 is 5.11. The minimum Gasteiger partial charge on any atom is -0.447 e. The molecule has 0 radical (unpaired) electrons. The van der Waals surface area contributed by atoms with E-state index in [1.165, 1.54) is 31.2 Å². The number of hydrogen-bond donors (Lipinski definition) is 1. The van der Waals surface area contributed by atoms with Crippen molar-refractivity contribution in [1.82, 2.24) is 4.90 Å². The summed E-state index contributed by atoms with van der Waals surface area (Å²) in [6.45, 7) is 4.09. The van der Waals surface area contributed by atoms with E-state index in [9.17, 15) is 14.7 Å². The topological polar surface area (TPSA) is 66.8 Å². The molecule has 6 heteroatoms. The predicted octanol–water partition coefficient (Wildman–Crippen LogP) is 6.61. The Hall–Kier alpha value is -2.18. The highest BCUT2D eigenvalue weighted by Crippen LogP contribution is 2.31. The highest BCUT2D eigenvalue weighted by molar-refractivity contribution is 9.10. The SMILES string of the molecule is CC(C)[C@H]1COC(=O)N1C(=O)[C@H](Br)[C@@H](O)c1ccccc1CCCCCCCCc1ccccc1. The summed E-state index contributed by atoms with van der Waals surface area (Å²) in [6, 6.07) is 18.0. The van der Waals surface area contributed by atoms with Crippen LogP contribution >= 0.6 is 15.9 Å². The summed E-state index contributed by atoms with van der Waals surface area (Å²) in [7, 11) is 0. The number of carbonyl (C=O) groups is 2. The van der Waals surface area contributed by atoms with Gasteiger partial charge in [0.05, 0.1) is 6.04 Å². The van der Waals surface area contributed by atoms with Gasteiger partial charge in [-0.2, -0.15) is 0 Å². The first-order valence-electron chi connectivity index (χ1n) is 12.8. The molecule has 0 unspecified atom stereocenters. The lowest BCUT2D eigenvalue weighted by atomic mass is 9.95. The van der Waals surface area contributed by atoms with Crippen LogP contribution in [0.15, 0.2) is 54.6 Å². The van der Waals surface area contributed by atoms with E-state index in [-0.39, 0.29) is 18.6 Å². The molecule has 1 N–H and O–H groups in total. The van der Waals surface area contributed by atoms with E-state index in [1.807, 2.05) is 38.1 Å². The van der Waals surface area contributed by atoms with Gasteiger partial charge in [0.15, 0.2) is 0 Å². The van der Waals surface area contributed by atoms with Crippen molar-refractivity contribution in [1.29, 1.82) is 0 Å². The Morgan fingerprint density at radius 1 is 0.971 bits per heavy atom. The molecule has 0 aliphatic carbocycles. The smallest absolute Gasteiger partial charge is 0.417 e. The van der Waals surface area contributed by atoms with E-state index in [2.05, 4.69) is 46.3 Å². The number of nitrogens with zero attached hydrogens (tertiary/aromatic N) is 1. The van der Waals surface area contributed by atoms with Crippen molar-refractivity contribution >= 4 is 27.9 Å². The minimum atomic E-state index is -1.04. The lowest BCUT2D eigenvalue weighted by molar-refractivity contribution is -0.130. The van der Waals surface area contributed by atoms with Crippen molar-refractivity contribution in [3.63, 3.8) is 0 Å². The number of amides is 2. The molecule has 1 aliphatic heterocycles. The number of hydrogen-bond acceptors (Lipinski definition) is 4. The van der Waals surface area contributed by atoms with Crippen LogP contribution in [0.2, 0.25) is 0 Å². The zero-order chi connectivity index (χ0) is 25.2. The molecule has 1 saturated heterocycles. The maximum absolute atomic E-state index is 13.1. The normalized spacial score (nSPS) is 17.5. The molecular weight excluding hydrogens is 506 g/mol. The second kappa shape index (κ2) is 13.8. The molecule has 1 aliphatic rings. The van der Waals surface area contributed by atoms with Crippen molar-refractivity contribution in [2.75, 3.05) is 6.61 Å². The van der Waals surface area contributed by atoms with Gasteiger partial charge in [-0.15, -0.1) is 0 Å². The van der Waals surface area contributed by atoms with Crippen LogP contribution in [-0.4, -0.2) is 39.5 Å². The maximum atomic E-state index is 13.1. The Morgan fingerprint density at radius 3 is 2.26 bits per heavy atom. The van der Waals surface area contributed by atoms with Crippen molar-refractivity contribution < 1.29 is 19.4 Å². The van der Waals surface area contributed by atoms with Gasteiger partial charge in [-0.3, -0.25) is 4.79 Å². The third kappa shape index (κ3) is 7.65. The number of alkyl halides is 1. The van der Waals surface area contributed by atoms with E-state index in [0.717, 1.165) is 41.7 Å². The van der Waals surface area contributed by atoms with E-state index in [4.69, 9.17) is 4.74 Å². The van der Waals surface area contributed by atoms with E-state index >= 15 is 0 Å². The molecule has 0 saturated carbocycles. The highest BCUT2D eigenvalue weighted by Gasteiger charge is 2.43. The molecule has 0 spiro atoms. The number of carbonyl (C=O) groups excluding carboxylic acids is 2. The number of aliphatic hydroxyl groups excluding tert-OH is 1. The number of cyclic esters (lactones) is 1. The molecule has 35 heavy (non-hydrogen) atoms. The first-order valence-corrected chi connectivity index (χ1v) is 13.8. The average Bonchev–Trinajstić information content (AvgIpc) is 3.26. The van der Waals surface area contributed by atoms with Gasteiger partial charge in [-0.05, 0) is 48.3 Å². The Bertz CT molecular complexity index is 949. The molecule has 2 aromatic carbocycles. The zero-order valence-electron chi connectivity index (χ0n) is 20.9. The molecule has 190 valence electrons. The summed E-state index contributed by atoms with van der Waals surface area (Å²) >= 11 is 3.38. The van der Waals surface area contributed by atoms with Crippen molar-refractivity contribution in [2.45, 2.75) is 82.2 Å². The molecule has 1 heterocycles. The second-order valence-electron chi connectivity index (χ2n) is 9.75. The van der Waals surface area contributed by atoms with Crippen LogP contribution < -0.4 is 0 Å². The lowest BCUT2D eigenvalue weighted by Gasteiger charge is -2.27. The largest absolute Gasteiger partial charge is 0.447 e. The predicted molar refractivity (Wildman–Crippen MR) is 142 cm³/mol. The van der Waals surface area contributed by atoms with Gasteiger partial charge in [0.25, 0.3) is 0 Å². The van der Waals surface area contributed by atoms with Crippen LogP contribution in [0.4, 0.5) is 4.79 Å². The number of ether oxygens (including phenoxy) is 1. The van der Waals surface area contributed by atoms with Gasteiger partial charge in [-0.1, -0.05) is 110 Å². The maximum Gasteiger partial charge on any atom is 0.417 e. The molecule has 1 fully saturated rings. The van der Waals surface area contributed by atoms with Gasteiger partial charge in [-0.25, -0.2) is 9.69 Å². The Kier molecular flexibility index (Phi) is 10.8. The van der Waals surface area contributed by atoms with Crippen LogP contribution in [0, 0.1) is 5.92 Å². The average molecular weight is 545 g/mol. The van der Waals surface area contributed by atoms with Gasteiger partial charge in [0.2, 0.25) is 5.91 Å². The first kappa shape index (κ1) is 27.4. The number of rotatable bonds is 13. The molecule has 2 aromatic rings. The third-order valence-electron chi connectivity index (χ3n) is 6.80. The molecule has 5 nitrogen and oxygen atoms in total. The monoisotopic (exact) mass is 543 g/mol. The highest BCUT2D eigenvalue weighted by atomic mass is 79.9. The van der Waals surface area contributed by atoms with E-state index in [1.54, 1.807) is 0 Å². The fraction of sp³-hybridized carbons (Fsp3) is 0.517. The number of imide groups is 1. The van der Waals surface area contributed by atoms with Crippen LogP contribution in [0.25, 0.3) is 0 Å². The Labute approximate surface area is 218 Å². The summed E-state index contributed by atoms with van der Waals surface area (Å²) in [5.74, 6) is -0.378. The fourth-order valence-electron chi connectivity index (χ4n) is 4.65. The number of aliphatic hydroxyl groups is 1. The van der Waals surface area contributed by atoms with Crippen LogP contribution in [0.5, 0.6) is 0 Å². The third-order valence-corrected chi connectivity index (χ3v) is 7.70. The standard InChI is InChI=1S/C29H38BrNO4/c1-21(2)25-20-35-29(34)31(25)28(33)26(30)27(32)24-19-13-12-18-23(24)17-11-6-4-3-5-8-14-22-15-9-7-10-16-22/h7,9-10,12-13,15-16,18-19,21,25-27,32H,3-6,8,11,14,17,20H2,1-2H3/t25-,26-,27+/m1/s1. The quantitative estimate of drug-likeness (QED) is 0.228. The molecule has 0 bridgehead atoms. The van der Waals surface area contributed by atoms with Crippen molar-refractivity contribution in [2.24, 2.45) is 5.92 Å². The zero-order valence-corrected chi connectivity index (χ0v) is 22.5. The summed E-state index contributed by atoms with van der Waals surface area (Å²) in [5.41, 5.74) is 3.19. The molecule has 3 rings (SSSR count). The van der Waals surface area contributed by atoms with Crippen LogP contribution in [0.3, 0.4) is 0 Å². The van der Waals surface area contributed by atoms with Gasteiger partial charge in [0, 0.05) is 0 Å². The number of benzene rings is 2. The van der Waals surface area contributed by atoms with Crippen LogP contribution in [0.1, 0.15) is 75.2 Å². The van der Waals surface area contributed by atoms with Crippen molar-refractivity contribution in [3.05, 3.63) is 71.3 Å². The molecular formula is C29H38BrNO4. The van der Waals surface area contributed by atoms with Gasteiger partial charge < -0.3 is 9.84 Å². The second-order valence-corrected chi connectivity index (χ2v) is 10.7. The van der Waals surface area contributed by atoms with Crippen molar-refractivity contribution in [3.8, 4) is 0 Å². The van der Waals surface area contributed by atoms with Gasteiger partial charge in [0.1, 0.15) is 17.5 Å². The molecule has 3 atom stereocenters.